The molecule has 3 heteroatoms. The number of amides is 1. The predicted octanol–water partition coefficient (Wildman–Crippen LogP) is 2.57. The number of carbonyl (C=O) groups is 1. The van der Waals surface area contributed by atoms with Crippen molar-refractivity contribution in [2.75, 3.05) is 7.05 Å². The van der Waals surface area contributed by atoms with Crippen LogP contribution < -0.4 is 0 Å². The monoisotopic (exact) mass is 210 g/mol. The zero-order valence-corrected chi connectivity index (χ0v) is 10.5. The van der Waals surface area contributed by atoms with Gasteiger partial charge in [0.2, 0.25) is 5.91 Å². The molecule has 0 N–H and O–H groups in total. The van der Waals surface area contributed by atoms with Gasteiger partial charge in [0.25, 0.3) is 0 Å². The lowest BCUT2D eigenvalue weighted by atomic mass is 9.87. The molecule has 0 aromatic carbocycles. The van der Waals surface area contributed by atoms with Crippen molar-refractivity contribution in [2.45, 2.75) is 53.0 Å². The van der Waals surface area contributed by atoms with Gasteiger partial charge in [-0.2, -0.15) is 5.26 Å². The van der Waals surface area contributed by atoms with E-state index in [2.05, 4.69) is 13.0 Å². The molecule has 0 bridgehead atoms. The zero-order valence-electron chi connectivity index (χ0n) is 10.5. The van der Waals surface area contributed by atoms with Crippen LogP contribution in [0, 0.1) is 16.7 Å². The second-order valence-corrected chi connectivity index (χ2v) is 4.35. The molecule has 0 aromatic heterocycles. The normalized spacial score (nSPS) is 16.3. The summed E-state index contributed by atoms with van der Waals surface area (Å²) in [6.45, 7) is 7.71. The molecular formula is C12H22N2O. The van der Waals surface area contributed by atoms with Crippen LogP contribution in [0.3, 0.4) is 0 Å². The Morgan fingerprint density at radius 3 is 2.40 bits per heavy atom. The zero-order chi connectivity index (χ0) is 12.1. The lowest BCUT2D eigenvalue weighted by molar-refractivity contribution is -0.139. The topological polar surface area (TPSA) is 44.1 Å². The molecule has 0 saturated heterocycles. The SMILES string of the molecule is CCCC(C)N(C)C(=O)C(C)(C#N)CC. The van der Waals surface area contributed by atoms with E-state index in [-0.39, 0.29) is 11.9 Å². The summed E-state index contributed by atoms with van der Waals surface area (Å²) in [4.78, 5) is 13.8. The summed E-state index contributed by atoms with van der Waals surface area (Å²) in [6, 6.07) is 2.32. The van der Waals surface area contributed by atoms with Gasteiger partial charge in [-0.3, -0.25) is 4.79 Å². The molecule has 3 nitrogen and oxygen atoms in total. The van der Waals surface area contributed by atoms with Gasteiger partial charge in [0.15, 0.2) is 0 Å². The van der Waals surface area contributed by atoms with Gasteiger partial charge in [-0.15, -0.1) is 0 Å². The summed E-state index contributed by atoms with van der Waals surface area (Å²) in [7, 11) is 1.79. The molecule has 0 aliphatic carbocycles. The van der Waals surface area contributed by atoms with Gasteiger partial charge in [-0.1, -0.05) is 20.3 Å². The van der Waals surface area contributed by atoms with E-state index in [1.807, 2.05) is 13.8 Å². The Balaban J connectivity index is 4.64. The van der Waals surface area contributed by atoms with Gasteiger partial charge in [0.05, 0.1) is 6.07 Å². The van der Waals surface area contributed by atoms with Gasteiger partial charge in [-0.25, -0.2) is 0 Å². The molecule has 0 aliphatic heterocycles. The quantitative estimate of drug-likeness (QED) is 0.700. The molecule has 0 heterocycles. The largest absolute Gasteiger partial charge is 0.342 e. The number of rotatable bonds is 5. The first-order chi connectivity index (χ1) is 6.92. The molecule has 0 aromatic rings. The summed E-state index contributed by atoms with van der Waals surface area (Å²) in [5.41, 5.74) is -0.864. The van der Waals surface area contributed by atoms with Crippen molar-refractivity contribution in [1.29, 1.82) is 5.26 Å². The summed E-state index contributed by atoms with van der Waals surface area (Å²) in [5.74, 6) is -0.0616. The Hall–Kier alpha value is -1.04. The van der Waals surface area contributed by atoms with Gasteiger partial charge >= 0.3 is 0 Å². The van der Waals surface area contributed by atoms with Crippen LogP contribution in [0.1, 0.15) is 47.0 Å². The minimum absolute atomic E-state index is 0.0616. The van der Waals surface area contributed by atoms with Gasteiger partial charge in [0.1, 0.15) is 5.41 Å². The van der Waals surface area contributed by atoms with Crippen molar-refractivity contribution in [3.63, 3.8) is 0 Å². The molecule has 0 radical (unpaired) electrons. The van der Waals surface area contributed by atoms with Crippen molar-refractivity contribution in [3.05, 3.63) is 0 Å². The minimum atomic E-state index is -0.864. The molecule has 2 unspecified atom stereocenters. The van der Waals surface area contributed by atoms with E-state index in [0.29, 0.717) is 6.42 Å². The molecule has 1 amide bonds. The van der Waals surface area contributed by atoms with E-state index in [9.17, 15) is 4.79 Å². The lowest BCUT2D eigenvalue weighted by Crippen LogP contribution is -2.43. The van der Waals surface area contributed by atoms with E-state index in [0.717, 1.165) is 12.8 Å². The molecule has 86 valence electrons. The van der Waals surface area contributed by atoms with Gasteiger partial charge < -0.3 is 4.90 Å². The standard InChI is InChI=1S/C12H22N2O/c1-6-8-10(3)14(5)11(15)12(4,7-2)9-13/h10H,6-8H2,1-5H3. The van der Waals surface area contributed by atoms with Crippen LogP contribution in [0.25, 0.3) is 0 Å². The number of nitriles is 1. The molecule has 0 saturated carbocycles. The second kappa shape index (κ2) is 5.75. The van der Waals surface area contributed by atoms with Crippen molar-refractivity contribution < 1.29 is 4.79 Å². The molecule has 15 heavy (non-hydrogen) atoms. The Morgan fingerprint density at radius 2 is 2.07 bits per heavy atom. The van der Waals surface area contributed by atoms with Crippen molar-refractivity contribution in [1.82, 2.24) is 4.90 Å². The highest BCUT2D eigenvalue weighted by atomic mass is 16.2. The van der Waals surface area contributed by atoms with Crippen molar-refractivity contribution >= 4 is 5.91 Å². The summed E-state index contributed by atoms with van der Waals surface area (Å²) >= 11 is 0. The molecule has 0 fully saturated rings. The fraction of sp³-hybridized carbons (Fsp3) is 0.833. The van der Waals surface area contributed by atoms with E-state index in [4.69, 9.17) is 5.26 Å². The third-order valence-corrected chi connectivity index (χ3v) is 3.11. The summed E-state index contributed by atoms with van der Waals surface area (Å²) in [6.07, 6.45) is 2.59. The fourth-order valence-electron chi connectivity index (χ4n) is 1.48. The summed E-state index contributed by atoms with van der Waals surface area (Å²) < 4.78 is 0. The first-order valence-corrected chi connectivity index (χ1v) is 5.61. The maximum absolute atomic E-state index is 12.0. The Bertz CT molecular complexity index is 257. The van der Waals surface area contributed by atoms with Gasteiger partial charge in [-0.05, 0) is 26.7 Å². The number of carbonyl (C=O) groups excluding carboxylic acids is 1. The third-order valence-electron chi connectivity index (χ3n) is 3.11. The molecule has 0 rings (SSSR count). The first-order valence-electron chi connectivity index (χ1n) is 5.61. The van der Waals surface area contributed by atoms with Crippen LogP contribution in [0.4, 0.5) is 0 Å². The second-order valence-electron chi connectivity index (χ2n) is 4.35. The minimum Gasteiger partial charge on any atom is -0.342 e. The summed E-state index contributed by atoms with van der Waals surface area (Å²) in [5, 5.41) is 9.02. The third kappa shape index (κ3) is 3.23. The van der Waals surface area contributed by atoms with Crippen molar-refractivity contribution in [3.8, 4) is 6.07 Å². The highest BCUT2D eigenvalue weighted by Crippen LogP contribution is 2.24. The number of nitrogens with zero attached hydrogens (tertiary/aromatic N) is 2. The van der Waals surface area contributed by atoms with E-state index in [1.165, 1.54) is 0 Å². The van der Waals surface area contributed by atoms with Crippen LogP contribution in [-0.2, 0) is 4.79 Å². The maximum Gasteiger partial charge on any atom is 0.242 e. The van der Waals surface area contributed by atoms with Crippen LogP contribution in [0.5, 0.6) is 0 Å². The van der Waals surface area contributed by atoms with E-state index in [1.54, 1.807) is 18.9 Å². The van der Waals surface area contributed by atoms with Gasteiger partial charge in [0, 0.05) is 13.1 Å². The highest BCUT2D eigenvalue weighted by Gasteiger charge is 2.35. The first kappa shape index (κ1) is 14.0. The van der Waals surface area contributed by atoms with Crippen molar-refractivity contribution in [2.24, 2.45) is 5.41 Å². The average Bonchev–Trinajstić information content (AvgIpc) is 2.26. The molecule has 0 aliphatic rings. The Labute approximate surface area is 93.1 Å². The number of hydrogen-bond acceptors (Lipinski definition) is 2. The van der Waals surface area contributed by atoms with E-state index < -0.39 is 5.41 Å². The Morgan fingerprint density at radius 1 is 1.53 bits per heavy atom. The number of hydrogen-bond donors (Lipinski definition) is 0. The molecular weight excluding hydrogens is 188 g/mol. The molecule has 2 atom stereocenters. The Kier molecular flexibility index (Phi) is 5.35. The lowest BCUT2D eigenvalue weighted by Gasteiger charge is -2.30. The van der Waals surface area contributed by atoms with Crippen LogP contribution in [-0.4, -0.2) is 23.9 Å². The average molecular weight is 210 g/mol. The predicted molar refractivity (Wildman–Crippen MR) is 61.2 cm³/mol. The highest BCUT2D eigenvalue weighted by molar-refractivity contribution is 5.85. The van der Waals surface area contributed by atoms with E-state index >= 15 is 0 Å². The maximum atomic E-state index is 12.0. The smallest absolute Gasteiger partial charge is 0.242 e. The van der Waals surface area contributed by atoms with Crippen LogP contribution >= 0.6 is 0 Å². The molecule has 0 spiro atoms. The van der Waals surface area contributed by atoms with Crippen LogP contribution in [0.15, 0.2) is 0 Å². The van der Waals surface area contributed by atoms with Crippen LogP contribution in [0.2, 0.25) is 0 Å². The fourth-order valence-corrected chi connectivity index (χ4v) is 1.48.